The number of nitrogens with zero attached hydrogens (tertiary/aromatic N) is 1. The first-order valence-electron chi connectivity index (χ1n) is 9.10. The van der Waals surface area contributed by atoms with Gasteiger partial charge in [0.15, 0.2) is 0 Å². The van der Waals surface area contributed by atoms with Gasteiger partial charge in [0.05, 0.1) is 0 Å². The molecule has 2 heteroatoms. The highest BCUT2D eigenvalue weighted by atomic mass is 15.2. The number of hydrogen-bond acceptors (Lipinski definition) is 2. The Morgan fingerprint density at radius 1 is 1.00 bits per heavy atom. The minimum Gasteiger partial charge on any atom is -0.329 e. The zero-order valence-electron chi connectivity index (χ0n) is 13.6. The van der Waals surface area contributed by atoms with E-state index in [2.05, 4.69) is 18.7 Å². The minimum absolute atomic E-state index is 0.342. The summed E-state index contributed by atoms with van der Waals surface area (Å²) in [5.74, 6) is 3.75. The molecular weight excluding hydrogens is 244 g/mol. The largest absolute Gasteiger partial charge is 0.329 e. The lowest BCUT2D eigenvalue weighted by molar-refractivity contribution is -0.0305. The molecule has 3 rings (SSSR count). The van der Waals surface area contributed by atoms with Gasteiger partial charge >= 0.3 is 0 Å². The number of rotatable bonds is 2. The summed E-state index contributed by atoms with van der Waals surface area (Å²) < 4.78 is 0. The summed E-state index contributed by atoms with van der Waals surface area (Å²) in [5, 5.41) is 0. The van der Waals surface area contributed by atoms with Crippen LogP contribution in [0.5, 0.6) is 0 Å². The molecule has 2 saturated carbocycles. The van der Waals surface area contributed by atoms with Crippen LogP contribution in [0.3, 0.4) is 0 Å². The van der Waals surface area contributed by atoms with Gasteiger partial charge in [-0.1, -0.05) is 33.1 Å². The molecule has 1 aliphatic heterocycles. The topological polar surface area (TPSA) is 29.3 Å². The second-order valence-corrected chi connectivity index (χ2v) is 8.17. The molecule has 1 heterocycles. The number of hydrogen-bond donors (Lipinski definition) is 1. The van der Waals surface area contributed by atoms with Crippen LogP contribution in [0.25, 0.3) is 0 Å². The molecule has 20 heavy (non-hydrogen) atoms. The van der Waals surface area contributed by atoms with Gasteiger partial charge < -0.3 is 5.73 Å². The summed E-state index contributed by atoms with van der Waals surface area (Å²) in [7, 11) is 0. The van der Waals surface area contributed by atoms with Crippen molar-refractivity contribution in [3.05, 3.63) is 0 Å². The van der Waals surface area contributed by atoms with Gasteiger partial charge in [0.1, 0.15) is 0 Å². The van der Waals surface area contributed by atoms with E-state index in [0.717, 1.165) is 30.2 Å². The molecule has 116 valence electrons. The first-order valence-corrected chi connectivity index (χ1v) is 9.10. The highest BCUT2D eigenvalue weighted by Gasteiger charge is 2.44. The molecule has 5 atom stereocenters. The lowest BCUT2D eigenvalue weighted by atomic mass is 9.68. The van der Waals surface area contributed by atoms with Crippen molar-refractivity contribution in [3.8, 4) is 0 Å². The molecule has 2 aliphatic carbocycles. The van der Waals surface area contributed by atoms with Crippen molar-refractivity contribution >= 4 is 0 Å². The summed E-state index contributed by atoms with van der Waals surface area (Å²) in [4.78, 5) is 2.84. The van der Waals surface area contributed by atoms with Crippen molar-refractivity contribution < 1.29 is 0 Å². The van der Waals surface area contributed by atoms with Crippen molar-refractivity contribution in [1.29, 1.82) is 0 Å². The minimum atomic E-state index is 0.342. The van der Waals surface area contributed by atoms with Crippen molar-refractivity contribution in [2.75, 3.05) is 19.6 Å². The third-order valence-electron chi connectivity index (χ3n) is 7.08. The van der Waals surface area contributed by atoms with E-state index in [1.807, 2.05) is 0 Å². The van der Waals surface area contributed by atoms with E-state index in [0.29, 0.717) is 5.54 Å². The lowest BCUT2D eigenvalue weighted by Gasteiger charge is -2.54. The normalized spacial score (nSPS) is 47.0. The molecule has 0 aromatic heterocycles. The molecule has 2 nitrogen and oxygen atoms in total. The van der Waals surface area contributed by atoms with Gasteiger partial charge in [-0.05, 0) is 62.3 Å². The van der Waals surface area contributed by atoms with E-state index >= 15 is 0 Å². The molecule has 0 aromatic carbocycles. The standard InChI is InChI=1S/C18H34N2/c1-14-7-9-18(13-19,11-15(14)2)20-10-8-16-5-3-4-6-17(16)12-20/h14-17H,3-13,19H2,1-2H3. The fourth-order valence-corrected chi connectivity index (χ4v) is 5.32. The fraction of sp³-hybridized carbons (Fsp3) is 1.00. The van der Waals surface area contributed by atoms with Gasteiger partial charge in [-0.2, -0.15) is 0 Å². The van der Waals surface area contributed by atoms with Crippen LogP contribution in [0, 0.1) is 23.7 Å². The third kappa shape index (κ3) is 2.66. The van der Waals surface area contributed by atoms with Gasteiger partial charge in [-0.3, -0.25) is 4.90 Å². The van der Waals surface area contributed by atoms with Crippen molar-refractivity contribution in [2.24, 2.45) is 29.4 Å². The number of nitrogens with two attached hydrogens (primary N) is 1. The van der Waals surface area contributed by atoms with Crippen molar-refractivity contribution in [1.82, 2.24) is 4.90 Å². The van der Waals surface area contributed by atoms with Crippen LogP contribution in [0.2, 0.25) is 0 Å². The highest BCUT2D eigenvalue weighted by molar-refractivity contribution is 5.00. The Morgan fingerprint density at radius 2 is 1.75 bits per heavy atom. The first kappa shape index (κ1) is 14.8. The lowest BCUT2D eigenvalue weighted by Crippen LogP contribution is -2.60. The van der Waals surface area contributed by atoms with Gasteiger partial charge in [0, 0.05) is 18.6 Å². The van der Waals surface area contributed by atoms with Crippen LogP contribution in [0.4, 0.5) is 0 Å². The summed E-state index contributed by atoms with van der Waals surface area (Å²) in [6, 6.07) is 0. The summed E-state index contributed by atoms with van der Waals surface area (Å²) in [5.41, 5.74) is 6.64. The fourth-order valence-electron chi connectivity index (χ4n) is 5.32. The molecule has 3 fully saturated rings. The Bertz CT molecular complexity index is 329. The summed E-state index contributed by atoms with van der Waals surface area (Å²) in [6.07, 6.45) is 11.4. The number of piperidine rings is 1. The van der Waals surface area contributed by atoms with E-state index in [1.165, 1.54) is 64.5 Å². The molecular formula is C18H34N2. The van der Waals surface area contributed by atoms with Gasteiger partial charge in [-0.25, -0.2) is 0 Å². The Morgan fingerprint density at radius 3 is 2.45 bits per heavy atom. The SMILES string of the molecule is CC1CCC(CN)(N2CCC3CCCCC3C2)CC1C. The van der Waals surface area contributed by atoms with Crippen molar-refractivity contribution in [2.45, 2.75) is 70.8 Å². The maximum atomic E-state index is 6.30. The Hall–Kier alpha value is -0.0800. The quantitative estimate of drug-likeness (QED) is 0.835. The molecule has 0 radical (unpaired) electrons. The second-order valence-electron chi connectivity index (χ2n) is 8.17. The Labute approximate surface area is 125 Å². The van der Waals surface area contributed by atoms with Gasteiger partial charge in [0.2, 0.25) is 0 Å². The average Bonchev–Trinajstić information content (AvgIpc) is 2.50. The predicted octanol–water partition coefficient (Wildman–Crippen LogP) is 3.65. The van der Waals surface area contributed by atoms with E-state index in [1.54, 1.807) is 0 Å². The van der Waals surface area contributed by atoms with Crippen LogP contribution < -0.4 is 5.73 Å². The van der Waals surface area contributed by atoms with E-state index in [9.17, 15) is 0 Å². The molecule has 5 unspecified atom stereocenters. The smallest absolute Gasteiger partial charge is 0.0334 e. The molecule has 3 aliphatic rings. The summed E-state index contributed by atoms with van der Waals surface area (Å²) >= 11 is 0. The van der Waals surface area contributed by atoms with Crippen LogP contribution in [-0.4, -0.2) is 30.1 Å². The molecule has 2 N–H and O–H groups in total. The van der Waals surface area contributed by atoms with Crippen LogP contribution in [-0.2, 0) is 0 Å². The van der Waals surface area contributed by atoms with Crippen LogP contribution >= 0.6 is 0 Å². The maximum absolute atomic E-state index is 6.30. The first-order chi connectivity index (χ1) is 9.64. The van der Waals surface area contributed by atoms with Gasteiger partial charge in [-0.15, -0.1) is 0 Å². The molecule has 1 saturated heterocycles. The maximum Gasteiger partial charge on any atom is 0.0334 e. The predicted molar refractivity (Wildman–Crippen MR) is 85.6 cm³/mol. The summed E-state index contributed by atoms with van der Waals surface area (Å²) in [6.45, 7) is 8.42. The monoisotopic (exact) mass is 278 g/mol. The molecule has 0 amide bonds. The zero-order valence-corrected chi connectivity index (χ0v) is 13.6. The van der Waals surface area contributed by atoms with E-state index in [-0.39, 0.29) is 0 Å². The zero-order chi connectivity index (χ0) is 14.2. The third-order valence-corrected chi connectivity index (χ3v) is 7.08. The Kier molecular flexibility index (Phi) is 4.42. The van der Waals surface area contributed by atoms with E-state index < -0.39 is 0 Å². The van der Waals surface area contributed by atoms with E-state index in [4.69, 9.17) is 5.73 Å². The number of likely N-dealkylation sites (tertiary alicyclic amines) is 1. The molecule has 0 bridgehead atoms. The van der Waals surface area contributed by atoms with Crippen LogP contribution in [0.1, 0.15) is 65.2 Å². The average molecular weight is 278 g/mol. The van der Waals surface area contributed by atoms with Gasteiger partial charge in [0.25, 0.3) is 0 Å². The number of fused-ring (bicyclic) bond motifs is 1. The molecule has 0 aromatic rings. The van der Waals surface area contributed by atoms with Crippen molar-refractivity contribution in [3.63, 3.8) is 0 Å². The van der Waals surface area contributed by atoms with Crippen LogP contribution in [0.15, 0.2) is 0 Å². The second kappa shape index (κ2) is 5.96. The highest BCUT2D eigenvalue weighted by Crippen LogP contribution is 2.44. The Balaban J connectivity index is 1.70. The molecule has 0 spiro atoms.